The van der Waals surface area contributed by atoms with E-state index in [4.69, 9.17) is 28.4 Å². The zero-order valence-corrected chi connectivity index (χ0v) is 17.6. The predicted molar refractivity (Wildman–Crippen MR) is 102 cm³/mol. The van der Waals surface area contributed by atoms with Crippen molar-refractivity contribution in [3.8, 4) is 0 Å². The lowest BCUT2D eigenvalue weighted by atomic mass is 9.98. The molecule has 0 aromatic carbocycles. The second-order valence-electron chi connectivity index (χ2n) is 6.73. The number of ether oxygens (including phenoxy) is 6. The van der Waals surface area contributed by atoms with Gasteiger partial charge in [0.2, 0.25) is 6.29 Å². The number of carbonyl (C=O) groups excluding carboxylic acids is 1. The van der Waals surface area contributed by atoms with Gasteiger partial charge >= 0.3 is 5.97 Å². The maximum Gasteiger partial charge on any atom is 0.305 e. The molecule has 1 rings (SSSR count). The van der Waals surface area contributed by atoms with Gasteiger partial charge in [0.15, 0.2) is 0 Å². The Morgan fingerprint density at radius 1 is 0.778 bits per heavy atom. The average molecular weight is 391 g/mol. The van der Waals surface area contributed by atoms with Crippen LogP contribution in [0.2, 0.25) is 0 Å². The highest BCUT2D eigenvalue weighted by Crippen LogP contribution is 2.30. The number of hydrogen-bond acceptors (Lipinski definition) is 7. The van der Waals surface area contributed by atoms with E-state index < -0.39 is 30.6 Å². The van der Waals surface area contributed by atoms with E-state index in [1.54, 1.807) is 0 Å². The summed E-state index contributed by atoms with van der Waals surface area (Å²) in [5.41, 5.74) is 0. The van der Waals surface area contributed by atoms with Crippen LogP contribution in [0.1, 0.15) is 60.3 Å². The summed E-state index contributed by atoms with van der Waals surface area (Å²) in [5, 5.41) is 0. The standard InChI is InChI=1S/C20H38O7/c1-6-10-22-14-16-17(23-11-7-2)18(24-12-8-3)19(25-13-9-4)20(27-16)26-15(5)21/h16-20H,6-14H2,1-5H3/t16-,17-,18+,19+,20+/m1/s1. The molecule has 1 aliphatic rings. The summed E-state index contributed by atoms with van der Waals surface area (Å²) in [6.07, 6.45) is 0.999. The van der Waals surface area contributed by atoms with E-state index >= 15 is 0 Å². The quantitative estimate of drug-likeness (QED) is 0.333. The Hall–Kier alpha value is -0.730. The van der Waals surface area contributed by atoms with Crippen LogP contribution in [-0.4, -0.2) is 69.7 Å². The van der Waals surface area contributed by atoms with E-state index in [2.05, 4.69) is 20.8 Å². The van der Waals surface area contributed by atoms with E-state index in [1.807, 2.05) is 6.92 Å². The van der Waals surface area contributed by atoms with E-state index in [0.29, 0.717) is 33.0 Å². The van der Waals surface area contributed by atoms with Gasteiger partial charge in [-0.15, -0.1) is 0 Å². The lowest BCUT2D eigenvalue weighted by Crippen LogP contribution is -2.62. The Balaban J connectivity index is 3.05. The minimum atomic E-state index is -0.840. The van der Waals surface area contributed by atoms with Crippen molar-refractivity contribution in [1.82, 2.24) is 0 Å². The first-order chi connectivity index (χ1) is 13.1. The highest BCUT2D eigenvalue weighted by Gasteiger charge is 2.49. The first-order valence-corrected chi connectivity index (χ1v) is 10.3. The summed E-state index contributed by atoms with van der Waals surface area (Å²) in [6, 6.07) is 0. The third-order valence-electron chi connectivity index (χ3n) is 4.05. The SMILES string of the molecule is CCCOC[C@H]1O[C@H](OC(C)=O)[C@@H](OCCC)[C@@H](OCCC)[C@@H]1OCCC. The fourth-order valence-corrected chi connectivity index (χ4v) is 2.94. The number of carbonyl (C=O) groups is 1. The first kappa shape index (κ1) is 24.3. The van der Waals surface area contributed by atoms with Crippen LogP contribution in [0.3, 0.4) is 0 Å². The van der Waals surface area contributed by atoms with Gasteiger partial charge in [0.05, 0.1) is 6.61 Å². The predicted octanol–water partition coefficient (Wildman–Crippen LogP) is 3.09. The Labute approximate surface area is 164 Å². The monoisotopic (exact) mass is 390 g/mol. The fraction of sp³-hybridized carbons (Fsp3) is 0.950. The van der Waals surface area contributed by atoms with Crippen molar-refractivity contribution in [1.29, 1.82) is 0 Å². The van der Waals surface area contributed by atoms with Crippen LogP contribution in [0.4, 0.5) is 0 Å². The molecule has 0 amide bonds. The van der Waals surface area contributed by atoms with Crippen molar-refractivity contribution in [3.63, 3.8) is 0 Å². The molecule has 0 saturated carbocycles. The van der Waals surface area contributed by atoms with E-state index in [-0.39, 0.29) is 6.10 Å². The Kier molecular flexibility index (Phi) is 12.9. The Morgan fingerprint density at radius 2 is 1.30 bits per heavy atom. The average Bonchev–Trinajstić information content (AvgIpc) is 2.64. The molecule has 1 fully saturated rings. The van der Waals surface area contributed by atoms with Crippen LogP contribution in [0.5, 0.6) is 0 Å². The van der Waals surface area contributed by atoms with Gasteiger partial charge in [-0.1, -0.05) is 27.7 Å². The summed E-state index contributed by atoms with van der Waals surface area (Å²) in [4.78, 5) is 11.6. The van der Waals surface area contributed by atoms with Crippen molar-refractivity contribution in [3.05, 3.63) is 0 Å². The molecule has 27 heavy (non-hydrogen) atoms. The molecular formula is C20H38O7. The summed E-state index contributed by atoms with van der Waals surface area (Å²) in [6.45, 7) is 12.2. The number of hydrogen-bond donors (Lipinski definition) is 0. The fourth-order valence-electron chi connectivity index (χ4n) is 2.94. The number of rotatable bonds is 14. The molecule has 0 aliphatic carbocycles. The van der Waals surface area contributed by atoms with Crippen LogP contribution < -0.4 is 0 Å². The minimum Gasteiger partial charge on any atom is -0.433 e. The zero-order chi connectivity index (χ0) is 20.1. The van der Waals surface area contributed by atoms with Gasteiger partial charge in [0, 0.05) is 33.4 Å². The molecule has 0 unspecified atom stereocenters. The third-order valence-corrected chi connectivity index (χ3v) is 4.05. The van der Waals surface area contributed by atoms with Crippen LogP contribution in [-0.2, 0) is 33.2 Å². The number of esters is 1. The van der Waals surface area contributed by atoms with Crippen molar-refractivity contribution >= 4 is 5.97 Å². The minimum absolute atomic E-state index is 0.345. The molecule has 0 radical (unpaired) electrons. The van der Waals surface area contributed by atoms with Crippen LogP contribution in [0.25, 0.3) is 0 Å². The maximum absolute atomic E-state index is 11.6. The van der Waals surface area contributed by atoms with Crippen molar-refractivity contribution < 1.29 is 33.2 Å². The molecule has 0 aromatic rings. The molecular weight excluding hydrogens is 352 g/mol. The van der Waals surface area contributed by atoms with Crippen molar-refractivity contribution in [2.24, 2.45) is 0 Å². The summed E-state index contributed by atoms with van der Waals surface area (Å²) >= 11 is 0. The maximum atomic E-state index is 11.6. The van der Waals surface area contributed by atoms with Crippen molar-refractivity contribution in [2.75, 3.05) is 33.0 Å². The molecule has 1 saturated heterocycles. The Bertz CT molecular complexity index is 391. The topological polar surface area (TPSA) is 72.5 Å². The van der Waals surface area contributed by atoms with Crippen LogP contribution >= 0.6 is 0 Å². The van der Waals surface area contributed by atoms with Gasteiger partial charge in [-0.05, 0) is 25.7 Å². The van der Waals surface area contributed by atoms with E-state index in [9.17, 15) is 4.79 Å². The molecule has 7 nitrogen and oxygen atoms in total. The Morgan fingerprint density at radius 3 is 1.81 bits per heavy atom. The summed E-state index contributed by atoms with van der Waals surface area (Å²) in [7, 11) is 0. The molecule has 0 N–H and O–H groups in total. The van der Waals surface area contributed by atoms with Crippen LogP contribution in [0.15, 0.2) is 0 Å². The van der Waals surface area contributed by atoms with E-state index in [0.717, 1.165) is 25.7 Å². The molecule has 0 spiro atoms. The highest BCUT2D eigenvalue weighted by atomic mass is 16.7. The molecule has 5 atom stereocenters. The smallest absolute Gasteiger partial charge is 0.305 e. The van der Waals surface area contributed by atoms with Gasteiger partial charge < -0.3 is 28.4 Å². The lowest BCUT2D eigenvalue weighted by molar-refractivity contribution is -0.315. The zero-order valence-electron chi connectivity index (χ0n) is 17.6. The van der Waals surface area contributed by atoms with Gasteiger partial charge in [-0.25, -0.2) is 0 Å². The largest absolute Gasteiger partial charge is 0.433 e. The summed E-state index contributed by atoms with van der Waals surface area (Å²) < 4.78 is 35.4. The van der Waals surface area contributed by atoms with Crippen molar-refractivity contribution in [2.45, 2.75) is 91.0 Å². The molecule has 160 valence electrons. The summed E-state index contributed by atoms with van der Waals surface area (Å²) in [5.74, 6) is -0.416. The molecule has 7 heteroatoms. The second kappa shape index (κ2) is 14.3. The second-order valence-corrected chi connectivity index (χ2v) is 6.73. The first-order valence-electron chi connectivity index (χ1n) is 10.3. The third kappa shape index (κ3) is 8.44. The van der Waals surface area contributed by atoms with Crippen LogP contribution in [0, 0.1) is 0 Å². The van der Waals surface area contributed by atoms with Gasteiger partial charge in [0.1, 0.15) is 24.4 Å². The van der Waals surface area contributed by atoms with Gasteiger partial charge in [-0.3, -0.25) is 4.79 Å². The lowest BCUT2D eigenvalue weighted by Gasteiger charge is -2.45. The molecule has 1 heterocycles. The molecule has 1 aliphatic heterocycles. The highest BCUT2D eigenvalue weighted by molar-refractivity contribution is 5.66. The van der Waals surface area contributed by atoms with E-state index in [1.165, 1.54) is 6.92 Å². The molecule has 0 bridgehead atoms. The van der Waals surface area contributed by atoms with Gasteiger partial charge in [0.25, 0.3) is 0 Å². The molecule has 0 aromatic heterocycles. The normalized spacial score (nSPS) is 28.3. The van der Waals surface area contributed by atoms with Gasteiger partial charge in [-0.2, -0.15) is 0 Å².